The van der Waals surface area contributed by atoms with Crippen molar-refractivity contribution >= 4 is 11.6 Å². The van der Waals surface area contributed by atoms with Crippen molar-refractivity contribution in [3.63, 3.8) is 0 Å². The summed E-state index contributed by atoms with van der Waals surface area (Å²) < 4.78 is 5.48. The molecular formula is C15H22ClNO. The molecule has 2 rings (SSSR count). The van der Waals surface area contributed by atoms with Gasteiger partial charge in [-0.2, -0.15) is 0 Å². The van der Waals surface area contributed by atoms with Gasteiger partial charge in [-0.25, -0.2) is 0 Å². The smallest absolute Gasteiger partial charge is 0.0472 e. The molecule has 0 amide bonds. The van der Waals surface area contributed by atoms with Crippen LogP contribution in [-0.4, -0.2) is 25.8 Å². The largest absolute Gasteiger partial charge is 0.382 e. The van der Waals surface area contributed by atoms with Crippen LogP contribution in [0.2, 0.25) is 5.02 Å². The molecule has 1 aromatic rings. The van der Waals surface area contributed by atoms with Gasteiger partial charge >= 0.3 is 0 Å². The lowest BCUT2D eigenvalue weighted by Crippen LogP contribution is -2.24. The Morgan fingerprint density at radius 3 is 2.83 bits per heavy atom. The van der Waals surface area contributed by atoms with Crippen LogP contribution in [0, 0.1) is 0 Å². The molecule has 3 heteroatoms. The van der Waals surface area contributed by atoms with Crippen LogP contribution in [0.4, 0.5) is 0 Å². The predicted octanol–water partition coefficient (Wildman–Crippen LogP) is 3.60. The second-order valence-corrected chi connectivity index (χ2v) is 5.29. The molecule has 0 radical (unpaired) electrons. The molecule has 1 unspecified atom stereocenters. The average Bonchev–Trinajstić information content (AvgIpc) is 3.19. The van der Waals surface area contributed by atoms with E-state index in [4.69, 9.17) is 16.3 Å². The zero-order chi connectivity index (χ0) is 12.8. The Morgan fingerprint density at radius 2 is 2.17 bits per heavy atom. The SMILES string of the molecule is CCOCCC(CNC1CC1)c1ccccc1Cl. The number of benzene rings is 1. The molecule has 1 aromatic carbocycles. The number of rotatable bonds is 8. The van der Waals surface area contributed by atoms with Crippen molar-refractivity contribution < 1.29 is 4.74 Å². The number of halogens is 1. The minimum Gasteiger partial charge on any atom is -0.382 e. The summed E-state index contributed by atoms with van der Waals surface area (Å²) in [6.45, 7) is 4.62. The highest BCUT2D eigenvalue weighted by Crippen LogP contribution is 2.28. The van der Waals surface area contributed by atoms with Crippen molar-refractivity contribution in [2.75, 3.05) is 19.8 Å². The summed E-state index contributed by atoms with van der Waals surface area (Å²) in [5, 5.41) is 4.47. The molecule has 100 valence electrons. The molecule has 18 heavy (non-hydrogen) atoms. The molecule has 0 spiro atoms. The van der Waals surface area contributed by atoms with E-state index in [1.165, 1.54) is 18.4 Å². The lowest BCUT2D eigenvalue weighted by atomic mass is 9.96. The first-order valence-corrected chi connectivity index (χ1v) is 7.24. The third-order valence-corrected chi connectivity index (χ3v) is 3.73. The monoisotopic (exact) mass is 267 g/mol. The van der Waals surface area contributed by atoms with Crippen molar-refractivity contribution in [1.29, 1.82) is 0 Å². The standard InChI is InChI=1S/C15H22ClNO/c1-2-18-10-9-12(11-17-13-7-8-13)14-5-3-4-6-15(14)16/h3-6,12-13,17H,2,7-11H2,1H3. The molecule has 1 aliphatic carbocycles. The fourth-order valence-electron chi connectivity index (χ4n) is 2.14. The van der Waals surface area contributed by atoms with Crippen LogP contribution < -0.4 is 5.32 Å². The van der Waals surface area contributed by atoms with Gasteiger partial charge in [0.25, 0.3) is 0 Å². The Bertz CT molecular complexity index is 365. The van der Waals surface area contributed by atoms with E-state index in [9.17, 15) is 0 Å². The zero-order valence-corrected chi connectivity index (χ0v) is 11.7. The van der Waals surface area contributed by atoms with E-state index >= 15 is 0 Å². The highest BCUT2D eigenvalue weighted by atomic mass is 35.5. The summed E-state index contributed by atoms with van der Waals surface area (Å²) in [5.41, 5.74) is 1.24. The van der Waals surface area contributed by atoms with E-state index in [2.05, 4.69) is 17.4 Å². The van der Waals surface area contributed by atoms with Crippen LogP contribution in [0.5, 0.6) is 0 Å². The van der Waals surface area contributed by atoms with Gasteiger partial charge in [0.05, 0.1) is 0 Å². The molecular weight excluding hydrogens is 246 g/mol. The summed E-state index contributed by atoms with van der Waals surface area (Å²) in [6.07, 6.45) is 3.67. The van der Waals surface area contributed by atoms with Gasteiger partial charge in [0.1, 0.15) is 0 Å². The van der Waals surface area contributed by atoms with E-state index < -0.39 is 0 Å². The van der Waals surface area contributed by atoms with E-state index in [0.717, 1.165) is 37.2 Å². The summed E-state index contributed by atoms with van der Waals surface area (Å²) in [4.78, 5) is 0. The summed E-state index contributed by atoms with van der Waals surface area (Å²) in [7, 11) is 0. The topological polar surface area (TPSA) is 21.3 Å². The molecule has 0 saturated heterocycles. The fraction of sp³-hybridized carbons (Fsp3) is 0.600. The molecule has 0 heterocycles. The highest BCUT2D eigenvalue weighted by Gasteiger charge is 2.23. The minimum atomic E-state index is 0.450. The normalized spacial score (nSPS) is 16.8. The molecule has 0 bridgehead atoms. The summed E-state index contributed by atoms with van der Waals surface area (Å²) >= 11 is 6.29. The fourth-order valence-corrected chi connectivity index (χ4v) is 2.43. The van der Waals surface area contributed by atoms with Gasteiger partial charge in [0, 0.05) is 36.7 Å². The first-order valence-electron chi connectivity index (χ1n) is 6.86. The molecule has 1 N–H and O–H groups in total. The van der Waals surface area contributed by atoms with Crippen molar-refractivity contribution in [1.82, 2.24) is 5.32 Å². The second kappa shape index (κ2) is 7.13. The number of nitrogens with one attached hydrogen (secondary N) is 1. The summed E-state index contributed by atoms with van der Waals surface area (Å²) in [5.74, 6) is 0.450. The zero-order valence-electron chi connectivity index (χ0n) is 11.0. The number of hydrogen-bond donors (Lipinski definition) is 1. The molecule has 1 fully saturated rings. The maximum atomic E-state index is 6.29. The molecule has 1 atom stereocenters. The minimum absolute atomic E-state index is 0.450. The first-order chi connectivity index (χ1) is 8.81. The van der Waals surface area contributed by atoms with Crippen LogP contribution in [0.3, 0.4) is 0 Å². The Hall–Kier alpha value is -0.570. The van der Waals surface area contributed by atoms with Crippen molar-refractivity contribution in [3.8, 4) is 0 Å². The lowest BCUT2D eigenvalue weighted by Gasteiger charge is -2.19. The maximum Gasteiger partial charge on any atom is 0.0472 e. The first kappa shape index (κ1) is 13.9. The van der Waals surface area contributed by atoms with E-state index in [1.54, 1.807) is 0 Å². The van der Waals surface area contributed by atoms with Gasteiger partial charge < -0.3 is 10.1 Å². The molecule has 1 aliphatic rings. The highest BCUT2D eigenvalue weighted by molar-refractivity contribution is 6.31. The van der Waals surface area contributed by atoms with Crippen molar-refractivity contribution in [2.24, 2.45) is 0 Å². The van der Waals surface area contributed by atoms with Gasteiger partial charge in [-0.15, -0.1) is 0 Å². The van der Waals surface area contributed by atoms with Crippen LogP contribution in [-0.2, 0) is 4.74 Å². The Labute approximate surface area is 115 Å². The number of ether oxygens (including phenoxy) is 1. The lowest BCUT2D eigenvalue weighted by molar-refractivity contribution is 0.139. The molecule has 2 nitrogen and oxygen atoms in total. The third-order valence-electron chi connectivity index (χ3n) is 3.39. The Kier molecular flexibility index (Phi) is 5.48. The van der Waals surface area contributed by atoms with Gasteiger partial charge in [0.15, 0.2) is 0 Å². The van der Waals surface area contributed by atoms with Gasteiger partial charge in [-0.3, -0.25) is 0 Å². The maximum absolute atomic E-state index is 6.29. The number of hydrogen-bond acceptors (Lipinski definition) is 2. The second-order valence-electron chi connectivity index (χ2n) is 4.89. The van der Waals surface area contributed by atoms with Gasteiger partial charge in [-0.1, -0.05) is 29.8 Å². The average molecular weight is 268 g/mol. The van der Waals surface area contributed by atoms with E-state index in [1.807, 2.05) is 19.1 Å². The van der Waals surface area contributed by atoms with Crippen LogP contribution in [0.25, 0.3) is 0 Å². The van der Waals surface area contributed by atoms with E-state index in [-0.39, 0.29) is 0 Å². The Morgan fingerprint density at radius 1 is 1.39 bits per heavy atom. The van der Waals surface area contributed by atoms with Crippen LogP contribution in [0.15, 0.2) is 24.3 Å². The molecule has 1 saturated carbocycles. The van der Waals surface area contributed by atoms with Crippen LogP contribution >= 0.6 is 11.6 Å². The van der Waals surface area contributed by atoms with Crippen molar-refractivity contribution in [3.05, 3.63) is 34.9 Å². The molecule has 0 aromatic heterocycles. The van der Waals surface area contributed by atoms with Crippen molar-refractivity contribution in [2.45, 2.75) is 38.1 Å². The summed E-state index contributed by atoms with van der Waals surface area (Å²) in [6, 6.07) is 8.89. The predicted molar refractivity (Wildman–Crippen MR) is 76.3 cm³/mol. The third kappa shape index (κ3) is 4.27. The van der Waals surface area contributed by atoms with Crippen LogP contribution in [0.1, 0.15) is 37.7 Å². The van der Waals surface area contributed by atoms with Gasteiger partial charge in [-0.05, 0) is 37.8 Å². The van der Waals surface area contributed by atoms with Gasteiger partial charge in [0.2, 0.25) is 0 Å². The molecule has 0 aliphatic heterocycles. The Balaban J connectivity index is 1.95. The quantitative estimate of drug-likeness (QED) is 0.727. The van der Waals surface area contributed by atoms with E-state index in [0.29, 0.717) is 5.92 Å².